The summed E-state index contributed by atoms with van der Waals surface area (Å²) in [5.74, 6) is -0.551. The minimum Gasteiger partial charge on any atom is -0.496 e. The summed E-state index contributed by atoms with van der Waals surface area (Å²) >= 11 is 0. The highest BCUT2D eigenvalue weighted by atomic mass is 16.5. The molecule has 0 atom stereocenters. The van der Waals surface area contributed by atoms with Crippen molar-refractivity contribution in [2.75, 3.05) is 7.11 Å². The molecule has 5 nitrogen and oxygen atoms in total. The van der Waals surface area contributed by atoms with Crippen LogP contribution < -0.4 is 10.1 Å². The number of carboxylic acids is 1. The van der Waals surface area contributed by atoms with Crippen molar-refractivity contribution in [3.63, 3.8) is 0 Å². The summed E-state index contributed by atoms with van der Waals surface area (Å²) < 4.78 is 5.32. The largest absolute Gasteiger partial charge is 0.496 e. The second-order valence-electron chi connectivity index (χ2n) is 6.00. The summed E-state index contributed by atoms with van der Waals surface area (Å²) in [4.78, 5) is 23.3. The lowest BCUT2D eigenvalue weighted by Gasteiger charge is -2.36. The van der Waals surface area contributed by atoms with Gasteiger partial charge < -0.3 is 15.2 Å². The number of para-hydroxylation sites is 1. The molecule has 21 heavy (non-hydrogen) atoms. The molecule has 1 fully saturated rings. The van der Waals surface area contributed by atoms with E-state index < -0.39 is 11.4 Å². The van der Waals surface area contributed by atoms with Crippen molar-refractivity contribution in [1.82, 2.24) is 5.32 Å². The molecular weight excluding hydrogens is 270 g/mol. The number of carbonyl (C=O) groups is 2. The van der Waals surface area contributed by atoms with Crippen LogP contribution in [-0.2, 0) is 15.0 Å². The van der Waals surface area contributed by atoms with Gasteiger partial charge in [-0.05, 0) is 32.8 Å². The van der Waals surface area contributed by atoms with Gasteiger partial charge in [-0.15, -0.1) is 0 Å². The number of ether oxygens (including phenoxy) is 1. The molecule has 0 saturated heterocycles. The summed E-state index contributed by atoms with van der Waals surface area (Å²) in [5, 5.41) is 11.8. The third-order valence-corrected chi connectivity index (χ3v) is 4.17. The van der Waals surface area contributed by atoms with E-state index in [2.05, 4.69) is 5.32 Å². The van der Waals surface area contributed by atoms with Crippen molar-refractivity contribution in [3.8, 4) is 5.75 Å². The zero-order valence-electron chi connectivity index (χ0n) is 12.6. The highest BCUT2D eigenvalue weighted by molar-refractivity contribution is 5.88. The maximum absolute atomic E-state index is 12.5. The van der Waals surface area contributed by atoms with Crippen LogP contribution >= 0.6 is 0 Å². The molecule has 0 aliphatic heterocycles. The molecule has 0 bridgehead atoms. The lowest BCUT2D eigenvalue weighted by molar-refractivity contribution is -0.146. The van der Waals surface area contributed by atoms with E-state index in [1.54, 1.807) is 7.11 Å². The van der Waals surface area contributed by atoms with Crippen LogP contribution in [0.25, 0.3) is 0 Å². The zero-order chi connectivity index (χ0) is 15.6. The molecular formula is C16H21NO4. The van der Waals surface area contributed by atoms with E-state index in [1.807, 2.05) is 38.1 Å². The number of carbonyl (C=O) groups excluding carboxylic acids is 1. The van der Waals surface area contributed by atoms with Crippen molar-refractivity contribution in [3.05, 3.63) is 29.8 Å². The predicted octanol–water partition coefficient (Wildman–Crippen LogP) is 1.95. The number of aliphatic carboxylic acids is 1. The number of benzene rings is 1. The molecule has 1 aliphatic rings. The number of methoxy groups -OCH3 is 1. The van der Waals surface area contributed by atoms with E-state index in [0.29, 0.717) is 18.6 Å². The van der Waals surface area contributed by atoms with Gasteiger partial charge in [0.05, 0.1) is 18.4 Å². The summed E-state index contributed by atoms with van der Waals surface area (Å²) in [5.41, 5.74) is 0.0834. The van der Waals surface area contributed by atoms with Crippen LogP contribution in [0.15, 0.2) is 24.3 Å². The van der Waals surface area contributed by atoms with E-state index in [4.69, 9.17) is 9.84 Å². The van der Waals surface area contributed by atoms with Crippen LogP contribution in [0.3, 0.4) is 0 Å². The molecule has 2 rings (SSSR count). The molecule has 0 unspecified atom stereocenters. The van der Waals surface area contributed by atoms with Crippen LogP contribution in [0.5, 0.6) is 5.75 Å². The third kappa shape index (κ3) is 3.01. The molecule has 0 heterocycles. The van der Waals surface area contributed by atoms with Crippen molar-refractivity contribution in [1.29, 1.82) is 0 Å². The molecule has 2 N–H and O–H groups in total. The highest BCUT2D eigenvalue weighted by Gasteiger charge is 2.39. The average Bonchev–Trinajstić information content (AvgIpc) is 2.41. The summed E-state index contributed by atoms with van der Waals surface area (Å²) in [6.07, 6.45) is 1.01. The average molecular weight is 291 g/mol. The molecule has 1 amide bonds. The number of amides is 1. The number of nitrogens with one attached hydrogen (secondary N) is 1. The Morgan fingerprint density at radius 3 is 2.48 bits per heavy atom. The van der Waals surface area contributed by atoms with E-state index in [1.165, 1.54) is 0 Å². The second kappa shape index (κ2) is 5.76. The second-order valence-corrected chi connectivity index (χ2v) is 6.00. The summed E-state index contributed by atoms with van der Waals surface area (Å²) in [6.45, 7) is 3.68. The standard InChI is InChI=1S/C16H21NO4/c1-16(2,12-6-4-5-7-13(12)21-3)15(20)17-11-8-10(9-11)14(18)19/h4-7,10-11H,8-9H2,1-3H3,(H,17,20)(H,18,19). The van der Waals surface area contributed by atoms with E-state index in [0.717, 1.165) is 5.56 Å². The Hall–Kier alpha value is -2.04. The predicted molar refractivity (Wildman–Crippen MR) is 78.3 cm³/mol. The lowest BCUT2D eigenvalue weighted by Crippen LogP contribution is -2.51. The molecule has 5 heteroatoms. The fourth-order valence-electron chi connectivity index (χ4n) is 2.59. The van der Waals surface area contributed by atoms with Crippen molar-refractivity contribution in [2.24, 2.45) is 5.92 Å². The SMILES string of the molecule is COc1ccccc1C(C)(C)C(=O)NC1CC(C(=O)O)C1. The zero-order valence-corrected chi connectivity index (χ0v) is 12.6. The first-order valence-electron chi connectivity index (χ1n) is 7.03. The topological polar surface area (TPSA) is 75.6 Å². The van der Waals surface area contributed by atoms with Gasteiger partial charge in [0, 0.05) is 11.6 Å². The molecule has 0 radical (unpaired) electrons. The van der Waals surface area contributed by atoms with Gasteiger partial charge in [0.2, 0.25) is 5.91 Å². The first kappa shape index (κ1) is 15.4. The Labute approximate surface area is 124 Å². The van der Waals surface area contributed by atoms with Crippen molar-refractivity contribution < 1.29 is 19.4 Å². The van der Waals surface area contributed by atoms with E-state index in [9.17, 15) is 9.59 Å². The lowest BCUT2D eigenvalue weighted by atomic mass is 9.78. The van der Waals surface area contributed by atoms with Gasteiger partial charge in [-0.25, -0.2) is 0 Å². The number of hydrogen-bond donors (Lipinski definition) is 2. The molecule has 0 spiro atoms. The van der Waals surface area contributed by atoms with Crippen LogP contribution in [0, 0.1) is 5.92 Å². The quantitative estimate of drug-likeness (QED) is 0.869. The van der Waals surface area contributed by atoms with Gasteiger partial charge in [0.1, 0.15) is 5.75 Å². The normalized spacial score (nSPS) is 21.3. The summed E-state index contributed by atoms with van der Waals surface area (Å²) in [7, 11) is 1.58. The van der Waals surface area contributed by atoms with E-state index >= 15 is 0 Å². The maximum atomic E-state index is 12.5. The summed E-state index contributed by atoms with van der Waals surface area (Å²) in [6, 6.07) is 7.39. The molecule has 1 aromatic carbocycles. The van der Waals surface area contributed by atoms with Crippen LogP contribution in [-0.4, -0.2) is 30.1 Å². The van der Waals surface area contributed by atoms with Crippen molar-refractivity contribution >= 4 is 11.9 Å². The Morgan fingerprint density at radius 1 is 1.29 bits per heavy atom. The number of hydrogen-bond acceptors (Lipinski definition) is 3. The molecule has 1 saturated carbocycles. The fourth-order valence-corrected chi connectivity index (χ4v) is 2.59. The fraction of sp³-hybridized carbons (Fsp3) is 0.500. The van der Waals surface area contributed by atoms with Gasteiger partial charge >= 0.3 is 5.97 Å². The van der Waals surface area contributed by atoms with Crippen LogP contribution in [0.4, 0.5) is 0 Å². The molecule has 1 aromatic rings. The minimum atomic E-state index is -0.788. The van der Waals surface area contributed by atoms with Gasteiger partial charge in [-0.3, -0.25) is 9.59 Å². The monoisotopic (exact) mass is 291 g/mol. The minimum absolute atomic E-state index is 0.0485. The highest BCUT2D eigenvalue weighted by Crippen LogP contribution is 2.33. The Kier molecular flexibility index (Phi) is 4.21. The maximum Gasteiger partial charge on any atom is 0.306 e. The number of rotatable bonds is 5. The van der Waals surface area contributed by atoms with Gasteiger partial charge in [0.25, 0.3) is 0 Å². The van der Waals surface area contributed by atoms with Gasteiger partial charge in [-0.1, -0.05) is 18.2 Å². The van der Waals surface area contributed by atoms with Gasteiger partial charge in [0.15, 0.2) is 0 Å². The Morgan fingerprint density at radius 2 is 1.90 bits per heavy atom. The molecule has 1 aliphatic carbocycles. The third-order valence-electron chi connectivity index (χ3n) is 4.17. The first-order chi connectivity index (χ1) is 9.86. The number of carboxylic acid groups (broad SMARTS) is 1. The first-order valence-corrected chi connectivity index (χ1v) is 7.03. The smallest absolute Gasteiger partial charge is 0.306 e. The van der Waals surface area contributed by atoms with Crippen LogP contribution in [0.1, 0.15) is 32.3 Å². The Bertz CT molecular complexity index is 547. The van der Waals surface area contributed by atoms with Crippen molar-refractivity contribution in [2.45, 2.75) is 38.1 Å². The molecule has 0 aromatic heterocycles. The Balaban J connectivity index is 2.06. The van der Waals surface area contributed by atoms with Crippen LogP contribution in [0.2, 0.25) is 0 Å². The van der Waals surface area contributed by atoms with Gasteiger partial charge in [-0.2, -0.15) is 0 Å². The molecule has 114 valence electrons. The van der Waals surface area contributed by atoms with E-state index in [-0.39, 0.29) is 17.9 Å².